The normalized spacial score (nSPS) is 19.1. The molecule has 0 amide bonds. The van der Waals surface area contributed by atoms with Gasteiger partial charge in [-0.15, -0.1) is 0 Å². The van der Waals surface area contributed by atoms with Crippen molar-refractivity contribution in [2.45, 2.75) is 6.10 Å². The van der Waals surface area contributed by atoms with E-state index in [-0.39, 0.29) is 0 Å². The molecule has 1 unspecified atom stereocenters. The molecule has 0 aliphatic carbocycles. The lowest BCUT2D eigenvalue weighted by molar-refractivity contribution is -0.872. The lowest BCUT2D eigenvalue weighted by atomic mass is 10.1. The highest BCUT2D eigenvalue weighted by molar-refractivity contribution is 6.02. The molecule has 0 saturated carbocycles. The van der Waals surface area contributed by atoms with Crippen LogP contribution in [0.4, 0.5) is 0 Å². The Morgan fingerprint density at radius 3 is 2.36 bits per heavy atom. The second-order valence-corrected chi connectivity index (χ2v) is 3.86. The van der Waals surface area contributed by atoms with Crippen LogP contribution in [0.5, 0.6) is 0 Å². The van der Waals surface area contributed by atoms with Crippen molar-refractivity contribution in [3.63, 3.8) is 0 Å². The summed E-state index contributed by atoms with van der Waals surface area (Å²) in [6.45, 7) is 0.711. The third-order valence-corrected chi connectivity index (χ3v) is 1.53. The van der Waals surface area contributed by atoms with Gasteiger partial charge in [0, 0.05) is 6.20 Å². The van der Waals surface area contributed by atoms with Gasteiger partial charge >= 0.3 is 0 Å². The number of nitrogens with zero attached hydrogens (tertiary/aromatic N) is 2. The summed E-state index contributed by atoms with van der Waals surface area (Å²) in [6, 6.07) is 0. The number of quaternary nitrogens is 1. The highest BCUT2D eigenvalue weighted by Crippen LogP contribution is 2.04. The first kappa shape index (κ1) is 8.43. The zero-order chi connectivity index (χ0) is 8.48. The average molecular weight is 155 g/mol. The Labute approximate surface area is 67.3 Å². The smallest absolute Gasteiger partial charge is 0.145 e. The quantitative estimate of drug-likeness (QED) is 0.573. The molecule has 62 valence electrons. The van der Waals surface area contributed by atoms with E-state index in [0.717, 1.165) is 10.2 Å². The van der Waals surface area contributed by atoms with E-state index in [1.807, 2.05) is 27.2 Å². The van der Waals surface area contributed by atoms with Gasteiger partial charge in [0.2, 0.25) is 0 Å². The maximum absolute atomic E-state index is 9.51. The second kappa shape index (κ2) is 2.75. The first-order chi connectivity index (χ1) is 4.99. The minimum atomic E-state index is -0.403. The third-order valence-electron chi connectivity index (χ3n) is 1.53. The predicted molar refractivity (Wildman–Crippen MR) is 45.5 cm³/mol. The van der Waals surface area contributed by atoms with E-state index in [4.69, 9.17) is 0 Å². The van der Waals surface area contributed by atoms with Crippen LogP contribution in [0.3, 0.4) is 0 Å². The van der Waals surface area contributed by atoms with Crippen LogP contribution in [-0.2, 0) is 0 Å². The van der Waals surface area contributed by atoms with Gasteiger partial charge in [-0.3, -0.25) is 4.99 Å². The van der Waals surface area contributed by atoms with Crippen molar-refractivity contribution in [1.29, 1.82) is 0 Å². The van der Waals surface area contributed by atoms with Crippen molar-refractivity contribution >= 4 is 5.71 Å². The Morgan fingerprint density at radius 2 is 2.09 bits per heavy atom. The predicted octanol–water partition coefficient (Wildman–Crippen LogP) is 0.0218. The maximum atomic E-state index is 9.51. The van der Waals surface area contributed by atoms with Gasteiger partial charge in [0.05, 0.1) is 26.9 Å². The molecule has 0 saturated heterocycles. The van der Waals surface area contributed by atoms with Crippen molar-refractivity contribution in [2.24, 2.45) is 4.99 Å². The van der Waals surface area contributed by atoms with E-state index in [0.29, 0.717) is 6.54 Å². The molecule has 1 aliphatic heterocycles. The molecule has 1 rings (SSSR count). The molecular weight excluding hydrogens is 140 g/mol. The number of aliphatic imine (C=N–C) groups is 1. The topological polar surface area (TPSA) is 32.6 Å². The Balaban J connectivity index is 2.37. The Hall–Kier alpha value is -0.670. The van der Waals surface area contributed by atoms with E-state index >= 15 is 0 Å². The first-order valence-corrected chi connectivity index (χ1v) is 3.72. The van der Waals surface area contributed by atoms with Crippen LogP contribution in [0.15, 0.2) is 17.3 Å². The third kappa shape index (κ3) is 2.44. The highest BCUT2D eigenvalue weighted by atomic mass is 16.3. The molecule has 1 atom stereocenters. The fourth-order valence-corrected chi connectivity index (χ4v) is 0.970. The van der Waals surface area contributed by atoms with E-state index in [9.17, 15) is 5.11 Å². The highest BCUT2D eigenvalue weighted by Gasteiger charge is 2.20. The molecule has 0 aromatic heterocycles. The number of aliphatic hydroxyl groups is 1. The number of rotatable bonds is 3. The molecule has 3 nitrogen and oxygen atoms in total. The summed E-state index contributed by atoms with van der Waals surface area (Å²) in [4.78, 5) is 3.93. The molecule has 0 spiro atoms. The number of likely N-dealkylation sites (N-methyl/N-ethyl adjacent to an activating group) is 1. The minimum Gasteiger partial charge on any atom is -0.381 e. The van der Waals surface area contributed by atoms with E-state index in [1.54, 1.807) is 6.20 Å². The van der Waals surface area contributed by atoms with Gasteiger partial charge in [0.15, 0.2) is 0 Å². The maximum Gasteiger partial charge on any atom is 0.145 e. The van der Waals surface area contributed by atoms with E-state index < -0.39 is 6.10 Å². The lowest BCUT2D eigenvalue weighted by Crippen LogP contribution is -2.44. The summed E-state index contributed by atoms with van der Waals surface area (Å²) in [5.41, 5.74) is 0.804. The monoisotopic (exact) mass is 155 g/mol. The molecule has 0 aromatic carbocycles. The first-order valence-electron chi connectivity index (χ1n) is 3.72. The van der Waals surface area contributed by atoms with Gasteiger partial charge in [0.25, 0.3) is 0 Å². The lowest BCUT2D eigenvalue weighted by Gasteiger charge is -2.27. The average Bonchev–Trinajstić information content (AvgIpc) is 1.50. The SMILES string of the molecule is C[N+](C)(C)CC(O)C1=NC=C1. The molecule has 1 aliphatic rings. The standard InChI is InChI=1S/C8H15N2O/c1-10(2,3)6-8(11)7-4-5-9-7/h4-5,8,11H,6H2,1-3H3/q+1. The number of aliphatic hydroxyl groups excluding tert-OH is 1. The molecule has 0 radical (unpaired) electrons. The molecule has 0 bridgehead atoms. The largest absolute Gasteiger partial charge is 0.381 e. The Bertz CT molecular complexity index is 201. The summed E-state index contributed by atoms with van der Waals surface area (Å²) in [6.07, 6.45) is 3.15. The molecule has 1 heterocycles. The van der Waals surface area contributed by atoms with Gasteiger partial charge in [-0.2, -0.15) is 0 Å². The summed E-state index contributed by atoms with van der Waals surface area (Å²) in [7, 11) is 6.14. The van der Waals surface area contributed by atoms with Crippen molar-refractivity contribution in [3.8, 4) is 0 Å². The fourth-order valence-electron chi connectivity index (χ4n) is 0.970. The summed E-state index contributed by atoms with van der Waals surface area (Å²) >= 11 is 0. The van der Waals surface area contributed by atoms with Crippen LogP contribution in [0.2, 0.25) is 0 Å². The molecule has 3 heteroatoms. The van der Waals surface area contributed by atoms with Crippen molar-refractivity contribution < 1.29 is 9.59 Å². The Kier molecular flexibility index (Phi) is 2.11. The molecule has 0 fully saturated rings. The van der Waals surface area contributed by atoms with Crippen LogP contribution in [-0.4, -0.2) is 49.1 Å². The van der Waals surface area contributed by atoms with Crippen molar-refractivity contribution in [1.82, 2.24) is 0 Å². The molecule has 0 aromatic rings. The summed E-state index contributed by atoms with van der Waals surface area (Å²) in [5, 5.41) is 9.51. The van der Waals surface area contributed by atoms with Crippen LogP contribution < -0.4 is 0 Å². The van der Waals surface area contributed by atoms with Gasteiger partial charge in [-0.1, -0.05) is 0 Å². The zero-order valence-corrected chi connectivity index (χ0v) is 7.28. The van der Waals surface area contributed by atoms with E-state index in [2.05, 4.69) is 4.99 Å². The van der Waals surface area contributed by atoms with Crippen LogP contribution in [0, 0.1) is 0 Å². The van der Waals surface area contributed by atoms with Gasteiger partial charge in [-0.05, 0) is 6.08 Å². The zero-order valence-electron chi connectivity index (χ0n) is 7.28. The summed E-state index contributed by atoms with van der Waals surface area (Å²) in [5.74, 6) is 0. The number of hydrogen-bond donors (Lipinski definition) is 1. The molecule has 11 heavy (non-hydrogen) atoms. The van der Waals surface area contributed by atoms with Crippen LogP contribution in [0.25, 0.3) is 0 Å². The van der Waals surface area contributed by atoms with Gasteiger partial charge in [0.1, 0.15) is 12.6 Å². The second-order valence-electron chi connectivity index (χ2n) is 3.86. The summed E-state index contributed by atoms with van der Waals surface area (Å²) < 4.78 is 0.758. The Morgan fingerprint density at radius 1 is 1.55 bits per heavy atom. The fraction of sp³-hybridized carbons (Fsp3) is 0.625. The van der Waals surface area contributed by atoms with E-state index in [1.165, 1.54) is 0 Å². The van der Waals surface area contributed by atoms with Crippen molar-refractivity contribution in [3.05, 3.63) is 12.3 Å². The van der Waals surface area contributed by atoms with Crippen LogP contribution in [0.1, 0.15) is 0 Å². The molecule has 1 N–H and O–H groups in total. The minimum absolute atomic E-state index is 0.403. The molecular formula is C8H15N2O+. The van der Waals surface area contributed by atoms with Gasteiger partial charge < -0.3 is 9.59 Å². The van der Waals surface area contributed by atoms with Crippen LogP contribution >= 0.6 is 0 Å². The van der Waals surface area contributed by atoms with Gasteiger partial charge in [-0.25, -0.2) is 0 Å². The van der Waals surface area contributed by atoms with Crippen molar-refractivity contribution in [2.75, 3.05) is 27.7 Å². The number of hydrogen-bond acceptors (Lipinski definition) is 2.